The van der Waals surface area contributed by atoms with E-state index >= 15 is 0 Å². The highest BCUT2D eigenvalue weighted by atomic mass is 16.5. The van der Waals surface area contributed by atoms with Crippen LogP contribution < -0.4 is 14.7 Å². The van der Waals surface area contributed by atoms with E-state index in [2.05, 4.69) is 90.7 Å². The first-order valence-corrected chi connectivity index (χ1v) is 30.9. The summed E-state index contributed by atoms with van der Waals surface area (Å²) >= 11 is 0. The van der Waals surface area contributed by atoms with E-state index in [1.165, 1.54) is 11.6 Å². The molecule has 0 bridgehead atoms. The molecule has 25 nitrogen and oxygen atoms in total. The lowest BCUT2D eigenvalue weighted by atomic mass is 9.95. The number of para-hydroxylation sites is 1. The van der Waals surface area contributed by atoms with E-state index in [1.807, 2.05) is 90.0 Å². The second kappa shape index (κ2) is 30.5. The van der Waals surface area contributed by atoms with E-state index in [1.54, 1.807) is 51.4 Å². The van der Waals surface area contributed by atoms with Crippen LogP contribution in [0.4, 0.5) is 17.5 Å². The second-order valence-electron chi connectivity index (χ2n) is 22.5. The SMILES string of the molecule is CCOC(=O)c1cc(C#N)c(N2CCC(c3n[nH]c(Cc4ccccc4)n3)CC2)nc1C.CCOC(=O)c1cc(C#N)c(N2CCC(c3nc(-c4ccccc4)n[nH]3)CC2)nc1C.Cc1nc(N2CCN(Cc3cn(-c4ccccc4)nn3)CC2)c(C#N)cc1C(=O)O. The molecule has 0 aliphatic carbocycles. The maximum Gasteiger partial charge on any atom is 0.340 e. The number of hydrogen-bond donors (Lipinski definition) is 3. The number of nitriles is 3. The Morgan fingerprint density at radius 3 is 1.58 bits per heavy atom. The number of nitrogens with one attached hydrogen (secondary N) is 2. The molecule has 3 aliphatic heterocycles. The van der Waals surface area contributed by atoms with Gasteiger partial charge in [-0.3, -0.25) is 15.1 Å². The number of aromatic amines is 2. The third-order valence-corrected chi connectivity index (χ3v) is 16.4. The molecule has 6 aromatic heterocycles. The molecule has 3 saturated heterocycles. The number of nitrogens with zero attached hydrogens (tertiary/aromatic N) is 17. The topological polar surface area (TPSA) is 327 Å². The Balaban J connectivity index is 0.000000153. The van der Waals surface area contributed by atoms with Gasteiger partial charge in [0.05, 0.1) is 81.3 Å². The van der Waals surface area contributed by atoms with Crippen molar-refractivity contribution in [3.05, 3.63) is 195 Å². The molecule has 3 fully saturated rings. The van der Waals surface area contributed by atoms with Crippen LogP contribution in [0, 0.1) is 54.8 Å². The lowest BCUT2D eigenvalue weighted by Crippen LogP contribution is -2.46. The van der Waals surface area contributed by atoms with E-state index in [0.29, 0.717) is 82.2 Å². The molecule has 0 unspecified atom stereocenters. The van der Waals surface area contributed by atoms with Crippen LogP contribution in [0.5, 0.6) is 0 Å². The summed E-state index contributed by atoms with van der Waals surface area (Å²) in [6.45, 7) is 15.9. The smallest absolute Gasteiger partial charge is 0.340 e. The molecule has 9 heterocycles. The van der Waals surface area contributed by atoms with Crippen molar-refractivity contribution < 1.29 is 29.0 Å². The number of rotatable bonds is 16. The normalized spacial score (nSPS) is 14.3. The number of aromatic carboxylic acids is 1. The van der Waals surface area contributed by atoms with Gasteiger partial charge in [-0.25, -0.2) is 44.0 Å². The summed E-state index contributed by atoms with van der Waals surface area (Å²) in [5, 5.41) is 61.4. The molecule has 0 amide bonds. The van der Waals surface area contributed by atoms with Gasteiger partial charge in [-0.05, 0) is 96.2 Å². The van der Waals surface area contributed by atoms with Crippen molar-refractivity contribution in [2.45, 2.75) is 85.1 Å². The summed E-state index contributed by atoms with van der Waals surface area (Å²) in [5.41, 5.74) is 7.41. The van der Waals surface area contributed by atoms with Crippen LogP contribution in [0.1, 0.15) is 145 Å². The van der Waals surface area contributed by atoms with Gasteiger partial charge in [-0.2, -0.15) is 26.0 Å². The summed E-state index contributed by atoms with van der Waals surface area (Å²) in [7, 11) is 0. The van der Waals surface area contributed by atoms with Crippen molar-refractivity contribution in [3.63, 3.8) is 0 Å². The third kappa shape index (κ3) is 15.9. The Morgan fingerprint density at radius 1 is 0.581 bits per heavy atom. The number of esters is 2. The van der Waals surface area contributed by atoms with Crippen LogP contribution >= 0.6 is 0 Å². The molecule has 0 radical (unpaired) electrons. The minimum atomic E-state index is -1.07. The zero-order valence-electron chi connectivity index (χ0n) is 52.5. The highest BCUT2D eigenvalue weighted by Crippen LogP contribution is 2.33. The number of piperidine rings is 2. The van der Waals surface area contributed by atoms with Gasteiger partial charge in [-0.15, -0.1) is 5.10 Å². The number of aryl methyl sites for hydroxylation is 3. The number of carboxylic acids is 1. The lowest BCUT2D eigenvalue weighted by molar-refractivity contribution is 0.0515. The fourth-order valence-electron chi connectivity index (χ4n) is 11.5. The molecule has 3 aliphatic rings. The molecule has 9 aromatic rings. The van der Waals surface area contributed by atoms with Crippen LogP contribution in [0.25, 0.3) is 17.1 Å². The van der Waals surface area contributed by atoms with E-state index in [9.17, 15) is 35.3 Å². The Kier molecular flexibility index (Phi) is 21.2. The first-order chi connectivity index (χ1) is 45.2. The van der Waals surface area contributed by atoms with E-state index in [0.717, 1.165) is 106 Å². The number of anilines is 3. The van der Waals surface area contributed by atoms with Gasteiger partial charge >= 0.3 is 17.9 Å². The summed E-state index contributed by atoms with van der Waals surface area (Å²) in [6, 6.07) is 41.0. The number of ether oxygens (including phenoxy) is 2. The van der Waals surface area contributed by atoms with Crippen LogP contribution in [-0.4, -0.2) is 154 Å². The largest absolute Gasteiger partial charge is 0.478 e. The highest BCUT2D eigenvalue weighted by Gasteiger charge is 2.30. The molecule has 3 N–H and O–H groups in total. The average Bonchev–Trinajstić information content (AvgIpc) is 1.40. The summed E-state index contributed by atoms with van der Waals surface area (Å²) in [6.07, 6.45) is 6.14. The number of H-pyrrole nitrogens is 2. The van der Waals surface area contributed by atoms with Crippen LogP contribution in [0.2, 0.25) is 0 Å². The van der Waals surface area contributed by atoms with Crippen LogP contribution in [0.3, 0.4) is 0 Å². The number of pyridine rings is 3. The van der Waals surface area contributed by atoms with Crippen molar-refractivity contribution in [1.29, 1.82) is 15.8 Å². The van der Waals surface area contributed by atoms with Gasteiger partial charge in [0.25, 0.3) is 0 Å². The Labute approximate surface area is 538 Å². The van der Waals surface area contributed by atoms with Crippen molar-refractivity contribution in [2.75, 3.05) is 80.3 Å². The predicted octanol–water partition coefficient (Wildman–Crippen LogP) is 9.00. The van der Waals surface area contributed by atoms with Crippen molar-refractivity contribution in [2.24, 2.45) is 0 Å². The number of carbonyl (C=O) groups is 3. The van der Waals surface area contributed by atoms with Crippen molar-refractivity contribution in [1.82, 2.24) is 65.2 Å². The van der Waals surface area contributed by atoms with Crippen molar-refractivity contribution >= 4 is 35.4 Å². The molecule has 0 spiro atoms. The monoisotopic (exact) mass is 1250 g/mol. The van der Waals surface area contributed by atoms with Crippen LogP contribution in [-0.2, 0) is 22.4 Å². The van der Waals surface area contributed by atoms with Gasteiger partial charge < -0.3 is 29.3 Å². The first-order valence-electron chi connectivity index (χ1n) is 30.9. The first kappa shape index (κ1) is 64.7. The average molecular weight is 1250 g/mol. The molecular weight excluding hydrogens is 1180 g/mol. The minimum Gasteiger partial charge on any atom is -0.478 e. The maximum absolute atomic E-state index is 12.1. The van der Waals surface area contributed by atoms with Crippen molar-refractivity contribution in [3.8, 4) is 35.3 Å². The highest BCUT2D eigenvalue weighted by molar-refractivity contribution is 5.92. The summed E-state index contributed by atoms with van der Waals surface area (Å²) in [4.78, 5) is 67.1. The maximum atomic E-state index is 12.1. The Bertz CT molecular complexity index is 4190. The van der Waals surface area contributed by atoms with Gasteiger partial charge in [0.15, 0.2) is 11.6 Å². The molecule has 0 saturated carbocycles. The molecule has 3 aromatic carbocycles. The van der Waals surface area contributed by atoms with Gasteiger partial charge in [-0.1, -0.05) is 84.1 Å². The standard InChI is InChI=1S/C24H26N6O2.C23H24N6O2.C21H21N7O2/c1-3-32-24(31)20-14-19(15-25)23(26-16(20)2)30-11-9-18(10-12-30)22-27-21(28-29-22)13-17-7-5-4-6-8-17;1-3-31-23(30)19-13-18(14-24)22(25-15(19)2)29-11-9-17(10-12-29)21-26-20(27-28-21)16-7-5-4-6-8-16;1-15-19(21(29)30)11-16(12-22)20(23-15)27-9-7-26(8-10-27)13-17-14-28(25-24-17)18-5-3-2-4-6-18/h4-8,14,18H,3,9-13H2,1-2H3,(H,27,28,29);4-8,13,17H,3,9-12H2,1-2H3,(H,26,27,28);2-6,11,14H,7-10,13H2,1H3,(H,29,30). The molecule has 25 heteroatoms. The minimum absolute atomic E-state index is 0.0652. The lowest BCUT2D eigenvalue weighted by Gasteiger charge is -2.35. The summed E-state index contributed by atoms with van der Waals surface area (Å²) in [5.74, 6) is 3.66. The summed E-state index contributed by atoms with van der Waals surface area (Å²) < 4.78 is 11.9. The predicted molar refractivity (Wildman–Crippen MR) is 345 cm³/mol. The fraction of sp³-hybridized carbons (Fsp3) is 0.338. The number of piperazine rings is 1. The number of carboxylic acid groups (broad SMARTS) is 1. The Hall–Kier alpha value is -11.2. The van der Waals surface area contributed by atoms with Gasteiger partial charge in [0.2, 0.25) is 0 Å². The Morgan fingerprint density at radius 2 is 1.06 bits per heavy atom. The van der Waals surface area contributed by atoms with Gasteiger partial charge in [0.1, 0.15) is 47.3 Å². The fourth-order valence-corrected chi connectivity index (χ4v) is 11.5. The van der Waals surface area contributed by atoms with E-state index < -0.39 is 17.9 Å². The zero-order chi connectivity index (χ0) is 65.4. The second-order valence-corrected chi connectivity index (χ2v) is 22.5. The number of benzene rings is 3. The quantitative estimate of drug-likeness (QED) is 0.0759. The van der Waals surface area contributed by atoms with Gasteiger partial charge in [0, 0.05) is 82.7 Å². The molecular formula is C68H71N19O6. The number of carbonyl (C=O) groups excluding carboxylic acids is 2. The molecule has 93 heavy (non-hydrogen) atoms. The van der Waals surface area contributed by atoms with Crippen LogP contribution in [0.15, 0.2) is 115 Å². The molecule has 12 rings (SSSR count). The van der Waals surface area contributed by atoms with E-state index in [4.69, 9.17) is 19.4 Å². The third-order valence-electron chi connectivity index (χ3n) is 16.4. The molecule has 474 valence electrons. The molecule has 0 atom stereocenters. The number of aromatic nitrogens is 12. The zero-order valence-corrected chi connectivity index (χ0v) is 52.5. The van der Waals surface area contributed by atoms with E-state index in [-0.39, 0.29) is 36.2 Å². The number of hydrogen-bond acceptors (Lipinski definition) is 21.